The Morgan fingerprint density at radius 3 is 3.00 bits per heavy atom. The Balaban J connectivity index is 1.76. The van der Waals surface area contributed by atoms with Crippen molar-refractivity contribution in [3.63, 3.8) is 0 Å². The normalized spacial score (nSPS) is 18.3. The van der Waals surface area contributed by atoms with Gasteiger partial charge in [0.2, 0.25) is 0 Å². The molecule has 0 unspecified atom stereocenters. The van der Waals surface area contributed by atoms with Crippen LogP contribution in [0.2, 0.25) is 0 Å². The first kappa shape index (κ1) is 14.5. The van der Waals surface area contributed by atoms with E-state index in [1.165, 1.54) is 0 Å². The van der Waals surface area contributed by atoms with E-state index in [1.54, 1.807) is 18.2 Å². The number of carbonyl (C=O) groups excluding carboxylic acids is 2. The van der Waals surface area contributed by atoms with Gasteiger partial charge in [0.15, 0.2) is 5.82 Å². The van der Waals surface area contributed by atoms with Crippen LogP contribution >= 0.6 is 0 Å². The second-order valence-corrected chi connectivity index (χ2v) is 5.57. The summed E-state index contributed by atoms with van der Waals surface area (Å²) in [6.07, 6.45) is 2.25. The molecular weight excluding hydrogens is 282 g/mol. The summed E-state index contributed by atoms with van der Waals surface area (Å²) in [7, 11) is 0. The quantitative estimate of drug-likeness (QED) is 0.654. The third-order valence-electron chi connectivity index (χ3n) is 3.94. The molecule has 116 valence electrons. The highest BCUT2D eigenvalue weighted by Gasteiger charge is 2.18. The maximum Gasteiger partial charge on any atom is 0.284 e. The van der Waals surface area contributed by atoms with Crippen LogP contribution in [0.3, 0.4) is 0 Å². The van der Waals surface area contributed by atoms with Crippen molar-refractivity contribution in [1.29, 1.82) is 0 Å². The average Bonchev–Trinajstić information content (AvgIpc) is 2.98. The van der Waals surface area contributed by atoms with Crippen molar-refractivity contribution in [3.05, 3.63) is 29.6 Å². The SMILES string of the molecule is NC(=O)c1nc2c(C(=O)NC[C@@H]3CCCNC3)cccc2[nH]1. The molecule has 2 aromatic rings. The first-order valence-electron chi connectivity index (χ1n) is 7.42. The molecule has 0 bridgehead atoms. The van der Waals surface area contributed by atoms with Gasteiger partial charge in [-0.2, -0.15) is 0 Å². The van der Waals surface area contributed by atoms with Crippen LogP contribution < -0.4 is 16.4 Å². The van der Waals surface area contributed by atoms with E-state index in [2.05, 4.69) is 20.6 Å². The smallest absolute Gasteiger partial charge is 0.284 e. The first-order chi connectivity index (χ1) is 10.6. The molecule has 1 aromatic heterocycles. The third kappa shape index (κ3) is 2.94. The number of nitrogens with two attached hydrogens (primary N) is 1. The number of fused-ring (bicyclic) bond motifs is 1. The highest BCUT2D eigenvalue weighted by atomic mass is 16.2. The van der Waals surface area contributed by atoms with Gasteiger partial charge in [0, 0.05) is 6.54 Å². The summed E-state index contributed by atoms with van der Waals surface area (Å²) in [5.74, 6) is -0.307. The summed E-state index contributed by atoms with van der Waals surface area (Å²) < 4.78 is 0. The van der Waals surface area contributed by atoms with Crippen LogP contribution in [-0.2, 0) is 0 Å². The van der Waals surface area contributed by atoms with E-state index in [-0.39, 0.29) is 11.7 Å². The number of piperidine rings is 1. The van der Waals surface area contributed by atoms with E-state index in [1.807, 2.05) is 0 Å². The van der Waals surface area contributed by atoms with Gasteiger partial charge in [-0.3, -0.25) is 9.59 Å². The molecule has 0 saturated carbocycles. The van der Waals surface area contributed by atoms with Crippen LogP contribution in [0.4, 0.5) is 0 Å². The predicted octanol–water partition coefficient (Wildman–Crippen LogP) is 0.391. The molecule has 1 aromatic carbocycles. The number of aromatic amines is 1. The number of hydrogen-bond acceptors (Lipinski definition) is 4. The molecule has 22 heavy (non-hydrogen) atoms. The van der Waals surface area contributed by atoms with Crippen molar-refractivity contribution < 1.29 is 9.59 Å². The van der Waals surface area contributed by atoms with Gasteiger partial charge in [-0.1, -0.05) is 6.07 Å². The number of hydrogen-bond donors (Lipinski definition) is 4. The molecule has 5 N–H and O–H groups in total. The number of amides is 2. The maximum absolute atomic E-state index is 12.4. The minimum atomic E-state index is -0.643. The number of carbonyl (C=O) groups is 2. The van der Waals surface area contributed by atoms with E-state index in [0.29, 0.717) is 29.1 Å². The topological polar surface area (TPSA) is 113 Å². The van der Waals surface area contributed by atoms with Gasteiger partial charge in [0.25, 0.3) is 11.8 Å². The highest BCUT2D eigenvalue weighted by molar-refractivity contribution is 6.06. The Bertz CT molecular complexity index is 703. The molecule has 0 aliphatic carbocycles. The molecule has 7 nitrogen and oxygen atoms in total. The summed E-state index contributed by atoms with van der Waals surface area (Å²) in [5, 5.41) is 6.27. The van der Waals surface area contributed by atoms with Gasteiger partial charge in [0.05, 0.1) is 11.1 Å². The van der Waals surface area contributed by atoms with Gasteiger partial charge in [0.1, 0.15) is 5.52 Å². The number of nitrogens with zero attached hydrogens (tertiary/aromatic N) is 1. The zero-order chi connectivity index (χ0) is 15.5. The Morgan fingerprint density at radius 1 is 1.41 bits per heavy atom. The molecular formula is C15H19N5O2. The van der Waals surface area contributed by atoms with Crippen molar-refractivity contribution in [2.45, 2.75) is 12.8 Å². The van der Waals surface area contributed by atoms with Crippen molar-refractivity contribution in [2.75, 3.05) is 19.6 Å². The molecule has 1 aliphatic rings. The molecule has 1 saturated heterocycles. The Labute approximate surface area is 127 Å². The Kier molecular flexibility index (Phi) is 4.06. The van der Waals surface area contributed by atoms with Crippen molar-refractivity contribution in [3.8, 4) is 0 Å². The number of H-pyrrole nitrogens is 1. The van der Waals surface area contributed by atoms with Gasteiger partial charge in [-0.25, -0.2) is 4.98 Å². The number of rotatable bonds is 4. The number of imidazole rings is 1. The zero-order valence-corrected chi connectivity index (χ0v) is 12.2. The van der Waals surface area contributed by atoms with Crippen LogP contribution in [0.1, 0.15) is 33.8 Å². The lowest BCUT2D eigenvalue weighted by molar-refractivity contribution is 0.0944. The lowest BCUT2D eigenvalue weighted by atomic mass is 9.99. The van der Waals surface area contributed by atoms with E-state index >= 15 is 0 Å². The van der Waals surface area contributed by atoms with Crippen LogP contribution in [-0.4, -0.2) is 41.4 Å². The van der Waals surface area contributed by atoms with Crippen LogP contribution in [0.25, 0.3) is 11.0 Å². The average molecular weight is 301 g/mol. The minimum absolute atomic E-state index is 0.0618. The summed E-state index contributed by atoms with van der Waals surface area (Å²) in [6, 6.07) is 5.21. The van der Waals surface area contributed by atoms with E-state index < -0.39 is 5.91 Å². The predicted molar refractivity (Wildman–Crippen MR) is 82.5 cm³/mol. The van der Waals surface area contributed by atoms with Crippen LogP contribution in [0, 0.1) is 5.92 Å². The highest BCUT2D eigenvalue weighted by Crippen LogP contribution is 2.17. The maximum atomic E-state index is 12.4. The van der Waals surface area contributed by atoms with Gasteiger partial charge in [-0.05, 0) is 44.0 Å². The zero-order valence-electron chi connectivity index (χ0n) is 12.2. The van der Waals surface area contributed by atoms with E-state index in [0.717, 1.165) is 25.9 Å². The van der Waals surface area contributed by atoms with E-state index in [4.69, 9.17) is 5.73 Å². The molecule has 3 rings (SSSR count). The Hall–Kier alpha value is -2.41. The standard InChI is InChI=1S/C15H19N5O2/c16-13(21)14-19-11-5-1-4-10(12(11)20-14)15(22)18-8-9-3-2-6-17-7-9/h1,4-5,9,17H,2-3,6-8H2,(H2,16,21)(H,18,22)(H,19,20)/t9-/m1/s1. The molecule has 2 heterocycles. The first-order valence-corrected chi connectivity index (χ1v) is 7.42. The summed E-state index contributed by atoms with van der Waals surface area (Å²) in [6.45, 7) is 2.61. The fraction of sp³-hybridized carbons (Fsp3) is 0.400. The summed E-state index contributed by atoms with van der Waals surface area (Å²) in [5.41, 5.74) is 6.76. The molecule has 0 spiro atoms. The molecule has 2 amide bonds. The largest absolute Gasteiger partial charge is 0.363 e. The number of benzene rings is 1. The van der Waals surface area contributed by atoms with Gasteiger partial charge in [-0.15, -0.1) is 0 Å². The summed E-state index contributed by atoms with van der Waals surface area (Å²) >= 11 is 0. The summed E-state index contributed by atoms with van der Waals surface area (Å²) in [4.78, 5) is 30.5. The van der Waals surface area contributed by atoms with Crippen LogP contribution in [0.15, 0.2) is 18.2 Å². The number of para-hydroxylation sites is 1. The van der Waals surface area contributed by atoms with Crippen molar-refractivity contribution in [1.82, 2.24) is 20.6 Å². The lowest BCUT2D eigenvalue weighted by Crippen LogP contribution is -2.38. The molecule has 1 aliphatic heterocycles. The van der Waals surface area contributed by atoms with Crippen LogP contribution in [0.5, 0.6) is 0 Å². The fourth-order valence-corrected chi connectivity index (χ4v) is 2.76. The molecule has 0 radical (unpaired) electrons. The monoisotopic (exact) mass is 301 g/mol. The second kappa shape index (κ2) is 6.15. The number of aromatic nitrogens is 2. The minimum Gasteiger partial charge on any atom is -0.363 e. The van der Waals surface area contributed by atoms with Gasteiger partial charge >= 0.3 is 0 Å². The number of primary amides is 1. The van der Waals surface area contributed by atoms with E-state index in [9.17, 15) is 9.59 Å². The second-order valence-electron chi connectivity index (χ2n) is 5.57. The number of nitrogens with one attached hydrogen (secondary N) is 3. The van der Waals surface area contributed by atoms with Gasteiger partial charge < -0.3 is 21.4 Å². The third-order valence-corrected chi connectivity index (χ3v) is 3.94. The fourth-order valence-electron chi connectivity index (χ4n) is 2.76. The molecule has 1 atom stereocenters. The Morgan fingerprint density at radius 2 is 2.27 bits per heavy atom. The van der Waals surface area contributed by atoms with Crippen molar-refractivity contribution >= 4 is 22.8 Å². The molecule has 7 heteroatoms. The lowest BCUT2D eigenvalue weighted by Gasteiger charge is -2.22. The molecule has 1 fully saturated rings. The van der Waals surface area contributed by atoms with Crippen molar-refractivity contribution in [2.24, 2.45) is 11.7 Å².